The number of tetrazole rings is 1. The molecule has 0 saturated heterocycles. The van der Waals surface area contributed by atoms with Crippen molar-refractivity contribution in [2.45, 2.75) is 13.2 Å². The minimum atomic E-state index is -0.423. The number of aromatic amines is 1. The van der Waals surface area contributed by atoms with Gasteiger partial charge in [0.25, 0.3) is 5.95 Å². The highest BCUT2D eigenvalue weighted by atomic mass is 79.9. The van der Waals surface area contributed by atoms with Crippen molar-refractivity contribution in [2.75, 3.05) is 12.4 Å². The fourth-order valence-corrected chi connectivity index (χ4v) is 3.07. The fourth-order valence-electron chi connectivity index (χ4n) is 2.25. The van der Waals surface area contributed by atoms with E-state index in [2.05, 4.69) is 41.9 Å². The molecule has 0 unspecified atom stereocenters. The van der Waals surface area contributed by atoms with Crippen LogP contribution in [-0.4, -0.2) is 27.7 Å². The first-order chi connectivity index (χ1) is 12.6. The van der Waals surface area contributed by atoms with Gasteiger partial charge in [-0.05, 0) is 51.0 Å². The second-order valence-electron chi connectivity index (χ2n) is 5.19. The van der Waals surface area contributed by atoms with Gasteiger partial charge in [-0.15, -0.1) is 5.10 Å². The number of methoxy groups -OCH3 is 1. The molecule has 3 aromatic rings. The number of hydrogen-bond acceptors (Lipinski definition) is 6. The molecular weight excluding hydrogens is 429 g/mol. The van der Waals surface area contributed by atoms with Crippen molar-refractivity contribution in [1.29, 1.82) is 0 Å². The zero-order chi connectivity index (χ0) is 18.5. The van der Waals surface area contributed by atoms with Gasteiger partial charge < -0.3 is 14.8 Å². The molecule has 0 bridgehead atoms. The lowest BCUT2D eigenvalue weighted by atomic mass is 10.2. The van der Waals surface area contributed by atoms with Crippen LogP contribution in [0.4, 0.5) is 10.3 Å². The third-order valence-electron chi connectivity index (χ3n) is 3.51. The normalized spacial score (nSPS) is 10.6. The Morgan fingerprint density at radius 2 is 2.19 bits per heavy atom. The molecule has 136 valence electrons. The topological polar surface area (TPSA) is 85.0 Å². The first kappa shape index (κ1) is 18.4. The van der Waals surface area contributed by atoms with Gasteiger partial charge in [0.2, 0.25) is 0 Å². The molecule has 1 heterocycles. The summed E-state index contributed by atoms with van der Waals surface area (Å²) in [7, 11) is 1.53. The molecule has 2 aromatic carbocycles. The minimum Gasteiger partial charge on any atom is -0.493 e. The largest absolute Gasteiger partial charge is 0.493 e. The molecule has 7 nitrogen and oxygen atoms in total. The first-order valence-corrected chi connectivity index (χ1v) is 8.65. The summed E-state index contributed by atoms with van der Waals surface area (Å²) < 4.78 is 25.7. The van der Waals surface area contributed by atoms with E-state index in [4.69, 9.17) is 21.1 Å². The van der Waals surface area contributed by atoms with Gasteiger partial charge >= 0.3 is 0 Å². The van der Waals surface area contributed by atoms with E-state index in [1.165, 1.54) is 13.2 Å². The van der Waals surface area contributed by atoms with E-state index in [0.29, 0.717) is 33.5 Å². The second kappa shape index (κ2) is 8.33. The Kier molecular flexibility index (Phi) is 5.89. The van der Waals surface area contributed by atoms with E-state index in [-0.39, 0.29) is 12.2 Å². The molecule has 10 heteroatoms. The Hall–Kier alpha value is -2.39. The maximum Gasteiger partial charge on any atom is 0.263 e. The van der Waals surface area contributed by atoms with E-state index < -0.39 is 5.82 Å². The monoisotopic (exact) mass is 441 g/mol. The van der Waals surface area contributed by atoms with Gasteiger partial charge in [0.05, 0.1) is 16.6 Å². The summed E-state index contributed by atoms with van der Waals surface area (Å²) in [5.41, 5.74) is 1.18. The quantitative estimate of drug-likeness (QED) is 0.576. The summed E-state index contributed by atoms with van der Waals surface area (Å²) >= 11 is 9.49. The summed E-state index contributed by atoms with van der Waals surface area (Å²) in [6.07, 6.45) is 0. The van der Waals surface area contributed by atoms with Gasteiger partial charge in [0.15, 0.2) is 11.5 Å². The molecule has 0 radical (unpaired) electrons. The average molecular weight is 443 g/mol. The molecule has 0 aliphatic rings. The summed E-state index contributed by atoms with van der Waals surface area (Å²) in [5.74, 6) is 0.912. The van der Waals surface area contributed by atoms with Crippen molar-refractivity contribution in [3.05, 3.63) is 56.8 Å². The van der Waals surface area contributed by atoms with Crippen LogP contribution in [0.5, 0.6) is 11.5 Å². The number of rotatable bonds is 7. The number of hydrogen-bond donors (Lipinski definition) is 2. The Bertz CT molecular complexity index is 874. The summed E-state index contributed by atoms with van der Waals surface area (Å²) in [5, 5.41) is 16.8. The zero-order valence-corrected chi connectivity index (χ0v) is 15.9. The molecule has 0 amide bonds. The zero-order valence-electron chi connectivity index (χ0n) is 13.6. The number of benzene rings is 2. The molecule has 0 aliphatic carbocycles. The Balaban J connectivity index is 1.76. The van der Waals surface area contributed by atoms with Crippen LogP contribution in [-0.2, 0) is 13.2 Å². The highest BCUT2D eigenvalue weighted by molar-refractivity contribution is 9.10. The average Bonchev–Trinajstić information content (AvgIpc) is 3.14. The van der Waals surface area contributed by atoms with Crippen LogP contribution < -0.4 is 14.8 Å². The van der Waals surface area contributed by atoms with Gasteiger partial charge in [0, 0.05) is 12.1 Å². The molecule has 0 atom stereocenters. The Labute approximate surface area is 162 Å². The maximum absolute atomic E-state index is 13.9. The molecule has 1 aromatic heterocycles. The standard InChI is InChI=1S/C16H14BrClFN5O2/c1-25-14-6-9(7-20-16-21-23-24-22-16)5-11(17)15(14)26-8-10-12(18)3-2-4-13(10)19/h2-6H,7-8H2,1H3,(H2,20,21,22,23,24). The van der Waals surface area contributed by atoms with Gasteiger partial charge in [0.1, 0.15) is 12.4 Å². The molecule has 0 spiro atoms. The van der Waals surface area contributed by atoms with Crippen LogP contribution in [0.1, 0.15) is 11.1 Å². The number of aromatic nitrogens is 4. The fraction of sp³-hybridized carbons (Fsp3) is 0.188. The number of anilines is 1. The van der Waals surface area contributed by atoms with Crippen molar-refractivity contribution in [1.82, 2.24) is 20.6 Å². The third kappa shape index (κ3) is 4.23. The number of nitrogens with zero attached hydrogens (tertiary/aromatic N) is 3. The Morgan fingerprint density at radius 1 is 1.35 bits per heavy atom. The molecule has 3 rings (SSSR count). The predicted octanol–water partition coefficient (Wildman–Crippen LogP) is 3.95. The van der Waals surface area contributed by atoms with E-state index >= 15 is 0 Å². The SMILES string of the molecule is COc1cc(CNc2nn[nH]n2)cc(Br)c1OCc1c(F)cccc1Cl. The first-order valence-electron chi connectivity index (χ1n) is 7.48. The van der Waals surface area contributed by atoms with Crippen LogP contribution in [0.25, 0.3) is 0 Å². The lowest BCUT2D eigenvalue weighted by molar-refractivity contribution is 0.278. The molecule has 0 aliphatic heterocycles. The second-order valence-corrected chi connectivity index (χ2v) is 6.45. The van der Waals surface area contributed by atoms with Crippen molar-refractivity contribution >= 4 is 33.5 Å². The molecule has 26 heavy (non-hydrogen) atoms. The third-order valence-corrected chi connectivity index (χ3v) is 4.45. The smallest absolute Gasteiger partial charge is 0.263 e. The molecular formula is C16H14BrClFN5O2. The van der Waals surface area contributed by atoms with Crippen LogP contribution in [0.15, 0.2) is 34.8 Å². The van der Waals surface area contributed by atoms with Gasteiger partial charge in [-0.3, -0.25) is 0 Å². The lowest BCUT2D eigenvalue weighted by Gasteiger charge is -2.15. The summed E-state index contributed by atoms with van der Waals surface area (Å²) in [6, 6.07) is 8.15. The van der Waals surface area contributed by atoms with Crippen molar-refractivity contribution < 1.29 is 13.9 Å². The molecule has 0 saturated carbocycles. The number of halogens is 3. The number of ether oxygens (including phenoxy) is 2. The molecule has 2 N–H and O–H groups in total. The van der Waals surface area contributed by atoms with Crippen molar-refractivity contribution in [2.24, 2.45) is 0 Å². The number of H-pyrrole nitrogens is 1. The van der Waals surface area contributed by atoms with Crippen LogP contribution in [0.3, 0.4) is 0 Å². The van der Waals surface area contributed by atoms with Crippen molar-refractivity contribution in [3.8, 4) is 11.5 Å². The van der Waals surface area contributed by atoms with E-state index in [9.17, 15) is 4.39 Å². The van der Waals surface area contributed by atoms with Crippen LogP contribution in [0.2, 0.25) is 5.02 Å². The lowest BCUT2D eigenvalue weighted by Crippen LogP contribution is -2.04. The maximum atomic E-state index is 13.9. The van der Waals surface area contributed by atoms with Gasteiger partial charge in [-0.1, -0.05) is 22.8 Å². The number of nitrogens with one attached hydrogen (secondary N) is 2. The van der Waals surface area contributed by atoms with E-state index in [1.807, 2.05) is 6.07 Å². The van der Waals surface area contributed by atoms with Gasteiger partial charge in [-0.25, -0.2) is 4.39 Å². The summed E-state index contributed by atoms with van der Waals surface area (Å²) in [4.78, 5) is 0. The van der Waals surface area contributed by atoms with Crippen LogP contribution in [0, 0.1) is 5.82 Å². The highest BCUT2D eigenvalue weighted by Crippen LogP contribution is 2.37. The van der Waals surface area contributed by atoms with E-state index in [0.717, 1.165) is 5.56 Å². The molecule has 0 fully saturated rings. The highest BCUT2D eigenvalue weighted by Gasteiger charge is 2.15. The Morgan fingerprint density at radius 3 is 2.88 bits per heavy atom. The van der Waals surface area contributed by atoms with Gasteiger partial charge in [-0.2, -0.15) is 5.21 Å². The van der Waals surface area contributed by atoms with E-state index in [1.54, 1.807) is 18.2 Å². The van der Waals surface area contributed by atoms with Crippen LogP contribution >= 0.6 is 27.5 Å². The predicted molar refractivity (Wildman–Crippen MR) is 97.9 cm³/mol. The summed E-state index contributed by atoms with van der Waals surface area (Å²) in [6.45, 7) is 0.425. The minimum absolute atomic E-state index is 0.0269. The van der Waals surface area contributed by atoms with Crippen molar-refractivity contribution in [3.63, 3.8) is 0 Å².